The van der Waals surface area contributed by atoms with Crippen LogP contribution < -0.4 is 10.2 Å². The molecule has 1 aromatic heterocycles. The quantitative estimate of drug-likeness (QED) is 0.752. The Morgan fingerprint density at radius 2 is 1.93 bits per heavy atom. The Bertz CT molecular complexity index is 997. The largest absolute Gasteiger partial charge is 0.322 e. The summed E-state index contributed by atoms with van der Waals surface area (Å²) in [6.07, 6.45) is 4.20. The minimum Gasteiger partial charge on any atom is -0.322 e. The van der Waals surface area contributed by atoms with Crippen LogP contribution >= 0.6 is 0 Å². The Morgan fingerprint density at radius 3 is 2.67 bits per heavy atom. The maximum absolute atomic E-state index is 12.5. The van der Waals surface area contributed by atoms with Crippen molar-refractivity contribution in [2.75, 3.05) is 10.2 Å². The van der Waals surface area contributed by atoms with E-state index in [4.69, 9.17) is 0 Å². The Balaban J connectivity index is 1.55. The number of carbonyl (C=O) groups excluding carboxylic acids is 1. The van der Waals surface area contributed by atoms with Crippen molar-refractivity contribution in [3.05, 3.63) is 77.2 Å². The van der Waals surface area contributed by atoms with Gasteiger partial charge in [0, 0.05) is 17.4 Å². The van der Waals surface area contributed by atoms with E-state index in [1.807, 2.05) is 38.1 Å². The van der Waals surface area contributed by atoms with E-state index in [-0.39, 0.29) is 5.91 Å². The zero-order valence-corrected chi connectivity index (χ0v) is 15.7. The summed E-state index contributed by atoms with van der Waals surface area (Å²) in [5, 5.41) is 2.91. The molecule has 1 unspecified atom stereocenters. The Morgan fingerprint density at radius 1 is 1.11 bits per heavy atom. The average Bonchev–Trinajstić information content (AvgIpc) is 3.00. The third kappa shape index (κ3) is 3.28. The number of aryl methyl sites for hydroxylation is 2. The van der Waals surface area contributed by atoms with E-state index in [0.29, 0.717) is 11.7 Å². The first-order valence-electron chi connectivity index (χ1n) is 9.11. The van der Waals surface area contributed by atoms with Crippen LogP contribution in [0.3, 0.4) is 0 Å². The summed E-state index contributed by atoms with van der Waals surface area (Å²) in [7, 11) is 0. The number of fused-ring (bicyclic) bond motifs is 1. The fourth-order valence-corrected chi connectivity index (χ4v) is 3.62. The number of hydrogen-bond acceptors (Lipinski definition) is 4. The smallest absolute Gasteiger partial charge is 0.275 e. The van der Waals surface area contributed by atoms with Gasteiger partial charge in [-0.25, -0.2) is 9.97 Å². The van der Waals surface area contributed by atoms with Gasteiger partial charge in [-0.1, -0.05) is 35.9 Å². The highest BCUT2D eigenvalue weighted by molar-refractivity contribution is 6.03. The molecular weight excluding hydrogens is 336 g/mol. The molecule has 1 atom stereocenters. The van der Waals surface area contributed by atoms with Crippen molar-refractivity contribution in [1.82, 2.24) is 9.97 Å². The number of anilines is 3. The van der Waals surface area contributed by atoms with Crippen molar-refractivity contribution in [3.63, 3.8) is 0 Å². The lowest BCUT2D eigenvalue weighted by atomic mass is 10.1. The summed E-state index contributed by atoms with van der Waals surface area (Å²) in [6.45, 7) is 6.17. The van der Waals surface area contributed by atoms with E-state index in [1.54, 1.807) is 12.4 Å². The van der Waals surface area contributed by atoms with E-state index in [1.165, 1.54) is 5.56 Å². The molecule has 0 radical (unpaired) electrons. The molecule has 1 aliphatic rings. The molecule has 0 aliphatic carbocycles. The molecule has 1 aliphatic heterocycles. The number of amides is 1. The molecule has 5 nitrogen and oxygen atoms in total. The number of aromatic nitrogens is 2. The molecule has 1 amide bonds. The Labute approximate surface area is 159 Å². The standard InChI is InChI=1S/C22H22N4O/c1-14-8-9-18(15(2)10-14)25-22(27)19-12-24-21(13-23-19)26-16(3)11-17-6-4-5-7-20(17)26/h4-10,12-13,16H,11H2,1-3H3,(H,25,27). The summed E-state index contributed by atoms with van der Waals surface area (Å²) in [5.74, 6) is 0.506. The molecule has 0 spiro atoms. The van der Waals surface area contributed by atoms with E-state index in [9.17, 15) is 4.79 Å². The van der Waals surface area contributed by atoms with Gasteiger partial charge < -0.3 is 10.2 Å². The van der Waals surface area contributed by atoms with Crippen molar-refractivity contribution in [3.8, 4) is 0 Å². The van der Waals surface area contributed by atoms with Gasteiger partial charge in [0.05, 0.1) is 12.4 Å². The number of para-hydroxylation sites is 1. The second-order valence-corrected chi connectivity index (χ2v) is 7.08. The SMILES string of the molecule is Cc1ccc(NC(=O)c2cnc(N3c4ccccc4CC3C)cn2)c(C)c1. The van der Waals surface area contributed by atoms with Gasteiger partial charge in [0.25, 0.3) is 5.91 Å². The van der Waals surface area contributed by atoms with Crippen LogP contribution in [0.5, 0.6) is 0 Å². The van der Waals surface area contributed by atoms with Crippen molar-refractivity contribution in [1.29, 1.82) is 0 Å². The molecule has 3 aromatic rings. The molecule has 0 fully saturated rings. The minimum absolute atomic E-state index is 0.254. The fraction of sp³-hybridized carbons (Fsp3) is 0.227. The van der Waals surface area contributed by atoms with Gasteiger partial charge in [-0.15, -0.1) is 0 Å². The lowest BCUT2D eigenvalue weighted by Crippen LogP contribution is -2.25. The Kier molecular flexibility index (Phi) is 4.36. The second-order valence-electron chi connectivity index (χ2n) is 7.08. The summed E-state index contributed by atoms with van der Waals surface area (Å²) in [6, 6.07) is 14.6. The van der Waals surface area contributed by atoms with Crippen LogP contribution in [0.25, 0.3) is 0 Å². The van der Waals surface area contributed by atoms with Crippen molar-refractivity contribution in [2.24, 2.45) is 0 Å². The summed E-state index contributed by atoms with van der Waals surface area (Å²) in [4.78, 5) is 23.6. The maximum Gasteiger partial charge on any atom is 0.275 e. The maximum atomic E-state index is 12.5. The minimum atomic E-state index is -0.254. The molecule has 0 bridgehead atoms. The first-order valence-corrected chi connectivity index (χ1v) is 9.11. The number of nitrogens with one attached hydrogen (secondary N) is 1. The highest BCUT2D eigenvalue weighted by atomic mass is 16.1. The lowest BCUT2D eigenvalue weighted by Gasteiger charge is -2.23. The van der Waals surface area contributed by atoms with Crippen LogP contribution in [-0.2, 0) is 6.42 Å². The fourth-order valence-electron chi connectivity index (χ4n) is 3.62. The molecule has 2 aromatic carbocycles. The number of hydrogen-bond donors (Lipinski definition) is 1. The summed E-state index contributed by atoms with van der Waals surface area (Å²) >= 11 is 0. The third-order valence-electron chi connectivity index (χ3n) is 4.96. The monoisotopic (exact) mass is 358 g/mol. The first kappa shape index (κ1) is 17.2. The molecule has 0 saturated heterocycles. The van der Waals surface area contributed by atoms with E-state index in [0.717, 1.165) is 34.7 Å². The van der Waals surface area contributed by atoms with Crippen molar-refractivity contribution < 1.29 is 4.79 Å². The molecule has 1 N–H and O–H groups in total. The van der Waals surface area contributed by atoms with Gasteiger partial charge in [0.1, 0.15) is 5.69 Å². The van der Waals surface area contributed by atoms with Crippen LogP contribution in [-0.4, -0.2) is 21.9 Å². The van der Waals surface area contributed by atoms with E-state index in [2.05, 4.69) is 45.3 Å². The van der Waals surface area contributed by atoms with Gasteiger partial charge in [-0.05, 0) is 50.5 Å². The van der Waals surface area contributed by atoms with Gasteiger partial charge >= 0.3 is 0 Å². The van der Waals surface area contributed by atoms with Gasteiger partial charge in [0.2, 0.25) is 0 Å². The molecule has 136 valence electrons. The molecule has 5 heteroatoms. The molecule has 27 heavy (non-hydrogen) atoms. The van der Waals surface area contributed by atoms with Gasteiger partial charge in [-0.2, -0.15) is 0 Å². The number of carbonyl (C=O) groups is 1. The predicted molar refractivity (Wildman–Crippen MR) is 108 cm³/mol. The van der Waals surface area contributed by atoms with Crippen LogP contribution in [0.15, 0.2) is 54.9 Å². The van der Waals surface area contributed by atoms with Crippen LogP contribution in [0, 0.1) is 13.8 Å². The molecular formula is C22H22N4O. The summed E-state index contributed by atoms with van der Waals surface area (Å²) < 4.78 is 0. The zero-order valence-electron chi connectivity index (χ0n) is 15.7. The number of rotatable bonds is 3. The first-order chi connectivity index (χ1) is 13.0. The summed E-state index contributed by atoms with van der Waals surface area (Å²) in [5.41, 5.74) is 5.75. The normalized spacial score (nSPS) is 15.5. The van der Waals surface area contributed by atoms with Gasteiger partial charge in [-0.3, -0.25) is 4.79 Å². The van der Waals surface area contributed by atoms with Crippen molar-refractivity contribution in [2.45, 2.75) is 33.2 Å². The number of benzene rings is 2. The van der Waals surface area contributed by atoms with Crippen LogP contribution in [0.2, 0.25) is 0 Å². The Hall–Kier alpha value is -3.21. The second kappa shape index (κ2) is 6.83. The molecule has 4 rings (SSSR count). The highest BCUT2D eigenvalue weighted by Crippen LogP contribution is 2.36. The highest BCUT2D eigenvalue weighted by Gasteiger charge is 2.28. The average molecular weight is 358 g/mol. The zero-order chi connectivity index (χ0) is 19.0. The molecule has 2 heterocycles. The number of nitrogens with zero attached hydrogens (tertiary/aromatic N) is 3. The topological polar surface area (TPSA) is 58.1 Å². The predicted octanol–water partition coefficient (Wildman–Crippen LogP) is 4.43. The van der Waals surface area contributed by atoms with E-state index < -0.39 is 0 Å². The van der Waals surface area contributed by atoms with Crippen LogP contribution in [0.1, 0.15) is 34.1 Å². The van der Waals surface area contributed by atoms with Crippen molar-refractivity contribution >= 4 is 23.1 Å². The third-order valence-corrected chi connectivity index (χ3v) is 4.96. The molecule has 0 saturated carbocycles. The lowest BCUT2D eigenvalue weighted by molar-refractivity contribution is 0.102. The van der Waals surface area contributed by atoms with E-state index >= 15 is 0 Å². The van der Waals surface area contributed by atoms with Gasteiger partial charge in [0.15, 0.2) is 5.82 Å². The van der Waals surface area contributed by atoms with Crippen LogP contribution in [0.4, 0.5) is 17.2 Å².